The number of carbonyl (C=O) groups excluding carboxylic acids is 2. The number of esters is 1. The number of hydrogen-bond acceptors (Lipinski definition) is 5. The molecule has 0 saturated carbocycles. The first kappa shape index (κ1) is 13.9. The van der Waals surface area contributed by atoms with Crippen LogP contribution in [-0.4, -0.2) is 63.4 Å². The largest absolute Gasteiger partial charge is 0.469 e. The van der Waals surface area contributed by atoms with Gasteiger partial charge in [0.1, 0.15) is 0 Å². The summed E-state index contributed by atoms with van der Waals surface area (Å²) in [7, 11) is 2.97. The van der Waals surface area contributed by atoms with Crippen LogP contribution in [0.5, 0.6) is 0 Å². The Balaban J connectivity index is 2.43. The maximum Gasteiger partial charge on any atom is 0.310 e. The lowest BCUT2D eigenvalue weighted by molar-refractivity contribution is -0.158. The molecule has 1 rings (SSSR count). The van der Waals surface area contributed by atoms with E-state index in [9.17, 15) is 9.59 Å². The lowest BCUT2D eigenvalue weighted by Gasteiger charge is -2.27. The molecule has 0 radical (unpaired) electrons. The number of ether oxygens (including phenoxy) is 3. The molecule has 0 aromatic heterocycles. The van der Waals surface area contributed by atoms with Crippen LogP contribution in [0.4, 0.5) is 0 Å². The van der Waals surface area contributed by atoms with Crippen LogP contribution in [0.2, 0.25) is 0 Å². The van der Waals surface area contributed by atoms with Crippen LogP contribution in [0.3, 0.4) is 0 Å². The minimum absolute atomic E-state index is 0.166. The first-order valence-corrected chi connectivity index (χ1v) is 5.58. The van der Waals surface area contributed by atoms with Gasteiger partial charge in [-0.2, -0.15) is 0 Å². The van der Waals surface area contributed by atoms with Crippen molar-refractivity contribution in [3.05, 3.63) is 0 Å². The van der Waals surface area contributed by atoms with E-state index >= 15 is 0 Å². The van der Waals surface area contributed by atoms with Gasteiger partial charge in [0.2, 0.25) is 0 Å². The van der Waals surface area contributed by atoms with Crippen molar-refractivity contribution in [2.24, 2.45) is 5.92 Å². The van der Waals surface area contributed by atoms with E-state index < -0.39 is 6.10 Å². The zero-order valence-electron chi connectivity index (χ0n) is 10.5. The fourth-order valence-electron chi connectivity index (χ4n) is 1.65. The Kier molecular flexibility index (Phi) is 5.37. The average molecular weight is 245 g/mol. The summed E-state index contributed by atoms with van der Waals surface area (Å²) in [6, 6.07) is 0. The molecule has 1 aliphatic rings. The molecule has 0 aromatic rings. The number of amides is 1. The van der Waals surface area contributed by atoms with E-state index in [4.69, 9.17) is 9.47 Å². The average Bonchev–Trinajstić information content (AvgIpc) is 2.37. The molecule has 1 fully saturated rings. The third kappa shape index (κ3) is 3.98. The summed E-state index contributed by atoms with van der Waals surface area (Å²) >= 11 is 0. The van der Waals surface area contributed by atoms with Crippen molar-refractivity contribution in [1.82, 2.24) is 4.90 Å². The highest BCUT2D eigenvalue weighted by Gasteiger charge is 2.27. The third-order valence-electron chi connectivity index (χ3n) is 2.62. The zero-order chi connectivity index (χ0) is 12.8. The fourth-order valence-corrected chi connectivity index (χ4v) is 1.65. The maximum atomic E-state index is 11.9. The minimum atomic E-state index is -0.557. The van der Waals surface area contributed by atoms with Crippen LogP contribution in [-0.2, 0) is 23.8 Å². The van der Waals surface area contributed by atoms with Crippen molar-refractivity contribution in [3.63, 3.8) is 0 Å². The molecule has 1 amide bonds. The summed E-state index contributed by atoms with van der Waals surface area (Å²) < 4.78 is 15.1. The van der Waals surface area contributed by atoms with Gasteiger partial charge >= 0.3 is 5.97 Å². The monoisotopic (exact) mass is 245 g/mol. The normalized spacial score (nSPS) is 21.7. The van der Waals surface area contributed by atoms with Gasteiger partial charge in [-0.1, -0.05) is 6.92 Å². The lowest BCUT2D eigenvalue weighted by Crippen LogP contribution is -2.45. The van der Waals surface area contributed by atoms with Gasteiger partial charge in [0.25, 0.3) is 5.91 Å². The van der Waals surface area contributed by atoms with Crippen molar-refractivity contribution in [3.8, 4) is 0 Å². The minimum Gasteiger partial charge on any atom is -0.469 e. The molecule has 0 aliphatic carbocycles. The quantitative estimate of drug-likeness (QED) is 0.634. The van der Waals surface area contributed by atoms with Crippen LogP contribution >= 0.6 is 0 Å². The molecule has 0 spiro atoms. The fraction of sp³-hybridized carbons (Fsp3) is 0.818. The first-order chi connectivity index (χ1) is 8.06. The molecule has 0 bridgehead atoms. The Morgan fingerprint density at radius 3 is 2.71 bits per heavy atom. The topological polar surface area (TPSA) is 65.1 Å². The van der Waals surface area contributed by atoms with Gasteiger partial charge in [0.15, 0.2) is 6.10 Å². The van der Waals surface area contributed by atoms with E-state index in [0.717, 1.165) is 0 Å². The van der Waals surface area contributed by atoms with Gasteiger partial charge < -0.3 is 19.1 Å². The van der Waals surface area contributed by atoms with Crippen molar-refractivity contribution < 1.29 is 23.8 Å². The van der Waals surface area contributed by atoms with E-state index in [-0.39, 0.29) is 24.4 Å². The molecule has 1 aliphatic heterocycles. The van der Waals surface area contributed by atoms with Gasteiger partial charge in [0.05, 0.1) is 32.8 Å². The highest BCUT2D eigenvalue weighted by atomic mass is 16.6. The summed E-state index contributed by atoms with van der Waals surface area (Å²) in [6.45, 7) is 3.25. The molecule has 6 heteroatoms. The second-order valence-electron chi connectivity index (χ2n) is 4.08. The van der Waals surface area contributed by atoms with Gasteiger partial charge in [-0.15, -0.1) is 0 Å². The Morgan fingerprint density at radius 1 is 1.47 bits per heavy atom. The van der Waals surface area contributed by atoms with Gasteiger partial charge in [-0.3, -0.25) is 9.59 Å². The zero-order valence-corrected chi connectivity index (χ0v) is 10.5. The lowest BCUT2D eigenvalue weighted by atomic mass is 10.1. The third-order valence-corrected chi connectivity index (χ3v) is 2.62. The molecule has 2 atom stereocenters. The van der Waals surface area contributed by atoms with E-state index in [0.29, 0.717) is 19.8 Å². The van der Waals surface area contributed by atoms with Crippen molar-refractivity contribution in [2.75, 3.05) is 40.5 Å². The molecular weight excluding hydrogens is 226 g/mol. The molecule has 1 saturated heterocycles. The number of carbonyl (C=O) groups is 2. The molecule has 1 heterocycles. The predicted molar refractivity (Wildman–Crippen MR) is 59.4 cm³/mol. The Labute approximate surface area is 101 Å². The number of nitrogens with zero attached hydrogens (tertiary/aromatic N) is 1. The Morgan fingerprint density at radius 2 is 2.18 bits per heavy atom. The van der Waals surface area contributed by atoms with Gasteiger partial charge in [-0.05, 0) is 0 Å². The van der Waals surface area contributed by atoms with Crippen LogP contribution in [0, 0.1) is 5.92 Å². The molecule has 2 unspecified atom stereocenters. The van der Waals surface area contributed by atoms with Gasteiger partial charge in [-0.25, -0.2) is 0 Å². The van der Waals surface area contributed by atoms with E-state index in [2.05, 4.69) is 4.74 Å². The summed E-state index contributed by atoms with van der Waals surface area (Å²) in [6.07, 6.45) is -0.557. The number of hydrogen-bond donors (Lipinski definition) is 0. The van der Waals surface area contributed by atoms with Crippen molar-refractivity contribution in [2.45, 2.75) is 13.0 Å². The van der Waals surface area contributed by atoms with E-state index in [1.807, 2.05) is 0 Å². The number of likely N-dealkylation sites (N-methyl/N-ethyl adjacent to an activating group) is 1. The molecular formula is C11H19NO5. The smallest absolute Gasteiger partial charge is 0.310 e. The standard InChI is InChI=1S/C11H19NO5/c1-8(11(14)15-3)6-12(2)10(13)9-7-16-4-5-17-9/h8-9H,4-7H2,1-3H3. The van der Waals surface area contributed by atoms with Crippen LogP contribution in [0.15, 0.2) is 0 Å². The van der Waals surface area contributed by atoms with E-state index in [1.54, 1.807) is 14.0 Å². The summed E-state index contributed by atoms with van der Waals surface area (Å²) in [5.74, 6) is -0.843. The second-order valence-corrected chi connectivity index (χ2v) is 4.08. The first-order valence-electron chi connectivity index (χ1n) is 5.58. The highest BCUT2D eigenvalue weighted by molar-refractivity contribution is 5.81. The van der Waals surface area contributed by atoms with Crippen LogP contribution in [0.1, 0.15) is 6.92 Å². The SMILES string of the molecule is COC(=O)C(C)CN(C)C(=O)C1COCCO1. The molecule has 0 aromatic carbocycles. The second kappa shape index (κ2) is 6.56. The predicted octanol–water partition coefficient (Wildman–Crippen LogP) is -0.331. The number of rotatable bonds is 4. The molecule has 98 valence electrons. The number of methoxy groups -OCH3 is 1. The molecule has 6 nitrogen and oxygen atoms in total. The van der Waals surface area contributed by atoms with Crippen LogP contribution < -0.4 is 0 Å². The Hall–Kier alpha value is -1.14. The molecule has 0 N–H and O–H groups in total. The van der Waals surface area contributed by atoms with Crippen LogP contribution in [0.25, 0.3) is 0 Å². The summed E-state index contributed by atoms with van der Waals surface area (Å²) in [4.78, 5) is 24.6. The highest BCUT2D eigenvalue weighted by Crippen LogP contribution is 2.07. The van der Waals surface area contributed by atoms with Gasteiger partial charge in [0, 0.05) is 13.6 Å². The Bertz CT molecular complexity index is 275. The summed E-state index contributed by atoms with van der Waals surface area (Å²) in [5.41, 5.74) is 0. The maximum absolute atomic E-state index is 11.9. The van der Waals surface area contributed by atoms with Crippen molar-refractivity contribution >= 4 is 11.9 Å². The van der Waals surface area contributed by atoms with Crippen molar-refractivity contribution in [1.29, 1.82) is 0 Å². The molecule has 17 heavy (non-hydrogen) atoms. The van der Waals surface area contributed by atoms with E-state index in [1.165, 1.54) is 12.0 Å². The summed E-state index contributed by atoms with van der Waals surface area (Å²) in [5, 5.41) is 0.